The van der Waals surface area contributed by atoms with E-state index in [0.717, 1.165) is 12.1 Å². The molecule has 216 valence electrons. The van der Waals surface area contributed by atoms with Crippen LogP contribution in [0.1, 0.15) is 53.6 Å². The van der Waals surface area contributed by atoms with E-state index < -0.39 is 29.2 Å². The van der Waals surface area contributed by atoms with Crippen LogP contribution < -0.4 is 9.64 Å². The van der Waals surface area contributed by atoms with Crippen molar-refractivity contribution in [2.24, 2.45) is 5.92 Å². The summed E-state index contributed by atoms with van der Waals surface area (Å²) < 4.78 is 54.0. The van der Waals surface area contributed by atoms with Gasteiger partial charge in [-0.3, -0.25) is 14.4 Å². The Morgan fingerprint density at radius 1 is 1.18 bits per heavy atom. The Balaban J connectivity index is 1.64. The summed E-state index contributed by atoms with van der Waals surface area (Å²) in [6.07, 6.45) is -3.71. The predicted molar refractivity (Wildman–Crippen MR) is 140 cm³/mol. The first-order valence-electron chi connectivity index (χ1n) is 12.8. The van der Waals surface area contributed by atoms with Gasteiger partial charge >= 0.3 is 12.1 Å². The van der Waals surface area contributed by atoms with E-state index in [4.69, 9.17) is 21.1 Å². The summed E-state index contributed by atoms with van der Waals surface area (Å²) in [4.78, 5) is 39.7. The van der Waals surface area contributed by atoms with Crippen LogP contribution in [0.3, 0.4) is 0 Å². The third-order valence-corrected chi connectivity index (χ3v) is 8.18. The van der Waals surface area contributed by atoms with Gasteiger partial charge in [0.05, 0.1) is 12.8 Å². The maximum atomic E-state index is 14.7. The van der Waals surface area contributed by atoms with Gasteiger partial charge in [-0.15, -0.1) is 0 Å². The van der Waals surface area contributed by atoms with E-state index in [1.807, 2.05) is 0 Å². The molecular formula is C28H30ClF3N2O6. The molecule has 0 aliphatic carbocycles. The van der Waals surface area contributed by atoms with Gasteiger partial charge in [-0.25, -0.2) is 0 Å². The minimum absolute atomic E-state index is 0.0444. The number of halogens is 4. The van der Waals surface area contributed by atoms with Crippen LogP contribution in [-0.2, 0) is 19.9 Å². The number of carbonyl (C=O) groups is 3. The number of anilines is 1. The quantitative estimate of drug-likeness (QED) is 0.498. The molecule has 0 aromatic heterocycles. The number of alkyl halides is 3. The second kappa shape index (κ2) is 11.3. The number of amides is 2. The fraction of sp³-hybridized carbons (Fsp3) is 0.464. The zero-order valence-corrected chi connectivity index (χ0v) is 23.0. The SMILES string of the molecule is COC(=O)CC1CCN(C(=O)c2ccc(Cl)c(C(C)C(O)(c3ccc4c(c3)N(C)C(=O)CO4)C(F)(F)F)c2)CC1. The third-order valence-electron chi connectivity index (χ3n) is 7.84. The monoisotopic (exact) mass is 582 g/mol. The number of methoxy groups -OCH3 is 1. The van der Waals surface area contributed by atoms with Crippen molar-refractivity contribution in [3.8, 4) is 5.75 Å². The number of hydrogen-bond acceptors (Lipinski definition) is 6. The van der Waals surface area contributed by atoms with Gasteiger partial charge in [0.2, 0.25) is 0 Å². The van der Waals surface area contributed by atoms with E-state index in [9.17, 15) is 32.7 Å². The van der Waals surface area contributed by atoms with E-state index in [-0.39, 0.29) is 58.4 Å². The summed E-state index contributed by atoms with van der Waals surface area (Å²) in [5.41, 5.74) is -3.76. The van der Waals surface area contributed by atoms with Crippen molar-refractivity contribution in [1.29, 1.82) is 0 Å². The zero-order valence-electron chi connectivity index (χ0n) is 22.3. The highest BCUT2D eigenvalue weighted by molar-refractivity contribution is 6.31. The van der Waals surface area contributed by atoms with Crippen LogP contribution in [0.15, 0.2) is 36.4 Å². The van der Waals surface area contributed by atoms with Crippen LogP contribution in [0.4, 0.5) is 18.9 Å². The number of piperidine rings is 1. The number of rotatable bonds is 6. The molecule has 8 nitrogen and oxygen atoms in total. The molecule has 2 aromatic rings. The van der Waals surface area contributed by atoms with Crippen molar-refractivity contribution in [2.75, 3.05) is 38.8 Å². The molecule has 1 fully saturated rings. The summed E-state index contributed by atoms with van der Waals surface area (Å²) in [6, 6.07) is 7.53. The van der Waals surface area contributed by atoms with Crippen molar-refractivity contribution in [3.63, 3.8) is 0 Å². The van der Waals surface area contributed by atoms with E-state index in [1.54, 1.807) is 4.90 Å². The van der Waals surface area contributed by atoms with Gasteiger partial charge in [-0.05, 0) is 60.2 Å². The molecule has 0 spiro atoms. The van der Waals surface area contributed by atoms with Crippen LogP contribution in [-0.4, -0.2) is 67.8 Å². The summed E-state index contributed by atoms with van der Waals surface area (Å²) in [5.74, 6) is -2.50. The van der Waals surface area contributed by atoms with E-state index in [0.29, 0.717) is 25.9 Å². The third kappa shape index (κ3) is 5.49. The van der Waals surface area contributed by atoms with Gasteiger partial charge in [0.1, 0.15) is 5.75 Å². The van der Waals surface area contributed by atoms with Crippen molar-refractivity contribution in [2.45, 2.75) is 43.9 Å². The first-order chi connectivity index (χ1) is 18.8. The highest BCUT2D eigenvalue weighted by Gasteiger charge is 2.59. The topological polar surface area (TPSA) is 96.4 Å². The molecule has 12 heteroatoms. The molecule has 0 saturated carbocycles. The van der Waals surface area contributed by atoms with Crippen molar-refractivity contribution in [1.82, 2.24) is 4.90 Å². The first kappa shape index (κ1) is 29.7. The maximum absolute atomic E-state index is 14.7. The van der Waals surface area contributed by atoms with Crippen molar-refractivity contribution >= 4 is 35.1 Å². The number of nitrogens with zero attached hydrogens (tertiary/aromatic N) is 2. The standard InChI is InChI=1S/C28H30ClF3N2O6/c1-16(27(38,28(30,31)32)19-5-7-23-22(14-19)33(2)24(35)15-40-23)20-13-18(4-6-21(20)29)26(37)34-10-8-17(9-11-34)12-25(36)39-3/h4-7,13-14,16-17,38H,8-12,15H2,1-3H3. The minimum Gasteiger partial charge on any atom is -0.482 e. The Labute approximate surface area is 234 Å². The Morgan fingerprint density at radius 2 is 1.85 bits per heavy atom. The number of hydrogen-bond donors (Lipinski definition) is 1. The Morgan fingerprint density at radius 3 is 2.48 bits per heavy atom. The molecule has 2 aromatic carbocycles. The summed E-state index contributed by atoms with van der Waals surface area (Å²) in [7, 11) is 2.73. The molecule has 2 unspecified atom stereocenters. The lowest BCUT2D eigenvalue weighted by molar-refractivity contribution is -0.274. The lowest BCUT2D eigenvalue weighted by Crippen LogP contribution is -2.47. The Kier molecular flexibility index (Phi) is 8.37. The number of benzene rings is 2. The molecular weight excluding hydrogens is 553 g/mol. The zero-order chi connectivity index (χ0) is 29.4. The van der Waals surface area contributed by atoms with Gasteiger partial charge in [0.25, 0.3) is 11.8 Å². The molecule has 2 amide bonds. The molecule has 0 bridgehead atoms. The van der Waals surface area contributed by atoms with Crippen LogP contribution >= 0.6 is 11.6 Å². The van der Waals surface area contributed by atoms with Crippen molar-refractivity contribution < 1.29 is 42.1 Å². The van der Waals surface area contributed by atoms with E-state index >= 15 is 0 Å². The first-order valence-corrected chi connectivity index (χ1v) is 13.1. The highest BCUT2D eigenvalue weighted by atomic mass is 35.5. The Hall–Kier alpha value is -3.31. The second-order valence-electron chi connectivity index (χ2n) is 10.2. The maximum Gasteiger partial charge on any atom is 0.422 e. The Bertz CT molecular complexity index is 1310. The number of esters is 1. The molecule has 4 rings (SSSR count). The summed E-state index contributed by atoms with van der Waals surface area (Å²) in [5, 5.41) is 11.3. The molecule has 2 atom stereocenters. The lowest BCUT2D eigenvalue weighted by Gasteiger charge is -2.38. The van der Waals surface area contributed by atoms with Gasteiger partial charge in [0, 0.05) is 43.1 Å². The smallest absolute Gasteiger partial charge is 0.422 e. The van der Waals surface area contributed by atoms with Crippen LogP contribution in [0.2, 0.25) is 5.02 Å². The fourth-order valence-corrected chi connectivity index (χ4v) is 5.53. The number of aliphatic hydroxyl groups is 1. The largest absolute Gasteiger partial charge is 0.482 e. The fourth-order valence-electron chi connectivity index (χ4n) is 5.24. The normalized spacial score (nSPS) is 18.4. The average Bonchev–Trinajstić information content (AvgIpc) is 2.93. The summed E-state index contributed by atoms with van der Waals surface area (Å²) in [6.45, 7) is 1.70. The number of likely N-dealkylation sites (N-methyl/N-ethyl adjacent to an activating group) is 1. The molecule has 1 saturated heterocycles. The number of fused-ring (bicyclic) bond motifs is 1. The molecule has 1 N–H and O–H groups in total. The molecule has 2 aliphatic rings. The number of carbonyl (C=O) groups excluding carboxylic acids is 3. The van der Waals surface area contributed by atoms with E-state index in [2.05, 4.69) is 0 Å². The minimum atomic E-state index is -5.15. The summed E-state index contributed by atoms with van der Waals surface area (Å²) >= 11 is 6.34. The predicted octanol–water partition coefficient (Wildman–Crippen LogP) is 4.66. The van der Waals surface area contributed by atoms with Gasteiger partial charge in [0.15, 0.2) is 12.2 Å². The molecule has 0 radical (unpaired) electrons. The van der Waals surface area contributed by atoms with Crippen LogP contribution in [0, 0.1) is 5.92 Å². The van der Waals surface area contributed by atoms with Gasteiger partial charge in [-0.1, -0.05) is 24.6 Å². The number of likely N-dealkylation sites (tertiary alicyclic amines) is 1. The van der Waals surface area contributed by atoms with Gasteiger partial charge in [-0.2, -0.15) is 13.2 Å². The van der Waals surface area contributed by atoms with Crippen LogP contribution in [0.5, 0.6) is 5.75 Å². The number of ether oxygens (including phenoxy) is 2. The second-order valence-corrected chi connectivity index (χ2v) is 10.6. The van der Waals surface area contributed by atoms with E-state index in [1.165, 1.54) is 50.2 Å². The molecule has 2 aliphatic heterocycles. The van der Waals surface area contributed by atoms with Crippen LogP contribution in [0.25, 0.3) is 0 Å². The highest BCUT2D eigenvalue weighted by Crippen LogP contribution is 2.51. The average molecular weight is 583 g/mol. The molecule has 2 heterocycles. The lowest BCUT2D eigenvalue weighted by atomic mass is 9.77. The molecule has 40 heavy (non-hydrogen) atoms. The van der Waals surface area contributed by atoms with Crippen molar-refractivity contribution in [3.05, 3.63) is 58.1 Å². The van der Waals surface area contributed by atoms with Gasteiger partial charge < -0.3 is 24.4 Å².